The molecule has 21 heavy (non-hydrogen) atoms. The van der Waals surface area contributed by atoms with E-state index < -0.39 is 0 Å². The van der Waals surface area contributed by atoms with Crippen LogP contribution < -0.4 is 5.32 Å². The predicted octanol–water partition coefficient (Wildman–Crippen LogP) is 4.25. The van der Waals surface area contributed by atoms with Gasteiger partial charge < -0.3 is 5.32 Å². The van der Waals surface area contributed by atoms with E-state index in [-0.39, 0.29) is 0 Å². The fourth-order valence-electron chi connectivity index (χ4n) is 3.66. The second-order valence-electron chi connectivity index (χ2n) is 6.06. The highest BCUT2D eigenvalue weighted by Gasteiger charge is 2.25. The van der Waals surface area contributed by atoms with Gasteiger partial charge in [0.1, 0.15) is 0 Å². The highest BCUT2D eigenvalue weighted by atomic mass is 14.9. The van der Waals surface area contributed by atoms with Crippen LogP contribution in [0.5, 0.6) is 0 Å². The first-order chi connectivity index (χ1) is 10.4. The van der Waals surface area contributed by atoms with Crippen molar-refractivity contribution in [2.24, 2.45) is 5.92 Å². The lowest BCUT2D eigenvalue weighted by Gasteiger charge is -2.28. The number of nitrogens with one attached hydrogen (secondary N) is 1. The second kappa shape index (κ2) is 6.99. The molecule has 0 aliphatic heterocycles. The third-order valence-electron chi connectivity index (χ3n) is 4.66. The van der Waals surface area contributed by atoms with Crippen molar-refractivity contribution in [1.29, 1.82) is 0 Å². The lowest BCUT2D eigenvalue weighted by atomic mass is 9.86. The summed E-state index contributed by atoms with van der Waals surface area (Å²) in [6.45, 7) is 3.19. The summed E-state index contributed by atoms with van der Waals surface area (Å²) < 4.78 is 0. The maximum absolute atomic E-state index is 4.60. The number of aromatic nitrogens is 2. The van der Waals surface area contributed by atoms with Gasteiger partial charge in [0.25, 0.3) is 0 Å². The molecule has 3 rings (SSSR count). The summed E-state index contributed by atoms with van der Waals surface area (Å²) in [5, 5.41) is 3.72. The molecule has 1 aliphatic carbocycles. The van der Waals surface area contributed by atoms with E-state index in [1.54, 1.807) is 6.20 Å². The van der Waals surface area contributed by atoms with Gasteiger partial charge >= 0.3 is 0 Å². The van der Waals surface area contributed by atoms with Crippen LogP contribution in [0, 0.1) is 5.92 Å². The quantitative estimate of drug-likeness (QED) is 0.852. The minimum atomic E-state index is 0.411. The molecule has 1 heterocycles. The van der Waals surface area contributed by atoms with Crippen molar-refractivity contribution >= 4 is 11.0 Å². The van der Waals surface area contributed by atoms with Crippen LogP contribution in [-0.2, 0) is 0 Å². The first kappa shape index (κ1) is 14.5. The Morgan fingerprint density at radius 3 is 2.62 bits per heavy atom. The summed E-state index contributed by atoms with van der Waals surface area (Å²) in [6, 6.07) is 6.82. The zero-order valence-corrected chi connectivity index (χ0v) is 12.9. The maximum atomic E-state index is 4.60. The normalized spacial score (nSPS) is 18.5. The molecule has 1 aromatic heterocycles. The Balaban J connectivity index is 1.98. The minimum absolute atomic E-state index is 0.411. The van der Waals surface area contributed by atoms with Gasteiger partial charge in [-0.2, -0.15) is 0 Å². The molecule has 0 amide bonds. The van der Waals surface area contributed by atoms with Crippen molar-refractivity contribution in [3.8, 4) is 0 Å². The molecular weight excluding hydrogens is 258 g/mol. The Bertz CT molecular complexity index is 568. The summed E-state index contributed by atoms with van der Waals surface area (Å²) >= 11 is 0. The lowest BCUT2D eigenvalue weighted by Crippen LogP contribution is -2.28. The van der Waals surface area contributed by atoms with E-state index in [1.165, 1.54) is 44.1 Å². The molecule has 0 radical (unpaired) electrons. The van der Waals surface area contributed by atoms with E-state index in [0.717, 1.165) is 23.5 Å². The van der Waals surface area contributed by atoms with Gasteiger partial charge in [-0.25, -0.2) is 0 Å². The molecule has 0 bridgehead atoms. The van der Waals surface area contributed by atoms with Gasteiger partial charge in [0.05, 0.1) is 11.0 Å². The van der Waals surface area contributed by atoms with Crippen molar-refractivity contribution in [2.75, 3.05) is 6.54 Å². The van der Waals surface area contributed by atoms with E-state index in [4.69, 9.17) is 0 Å². The minimum Gasteiger partial charge on any atom is -0.310 e. The SMILES string of the molecule is CCNC(c1cccc2nccnc12)C1CCCCCC1. The molecule has 1 unspecified atom stereocenters. The number of benzene rings is 1. The molecule has 0 saturated heterocycles. The Kier molecular flexibility index (Phi) is 4.81. The van der Waals surface area contributed by atoms with Gasteiger partial charge in [-0.1, -0.05) is 44.7 Å². The van der Waals surface area contributed by atoms with Crippen LogP contribution in [0.3, 0.4) is 0 Å². The molecule has 1 N–H and O–H groups in total. The summed E-state index contributed by atoms with van der Waals surface area (Å²) in [5.74, 6) is 0.722. The average molecular weight is 283 g/mol. The zero-order valence-electron chi connectivity index (χ0n) is 12.9. The summed E-state index contributed by atoms with van der Waals surface area (Å²) in [4.78, 5) is 9.06. The van der Waals surface area contributed by atoms with Crippen LogP contribution in [0.1, 0.15) is 57.1 Å². The molecule has 3 nitrogen and oxygen atoms in total. The number of nitrogens with zero attached hydrogens (tertiary/aromatic N) is 2. The Morgan fingerprint density at radius 1 is 1.10 bits per heavy atom. The molecule has 1 aromatic carbocycles. The van der Waals surface area contributed by atoms with Crippen LogP contribution in [0.2, 0.25) is 0 Å². The van der Waals surface area contributed by atoms with Crippen molar-refractivity contribution in [3.05, 3.63) is 36.2 Å². The molecule has 1 saturated carbocycles. The Morgan fingerprint density at radius 2 is 1.86 bits per heavy atom. The predicted molar refractivity (Wildman–Crippen MR) is 87.1 cm³/mol. The third-order valence-corrected chi connectivity index (χ3v) is 4.66. The molecule has 2 aromatic rings. The molecule has 1 fully saturated rings. The van der Waals surface area contributed by atoms with Crippen molar-refractivity contribution in [2.45, 2.75) is 51.5 Å². The fraction of sp³-hybridized carbons (Fsp3) is 0.556. The van der Waals surface area contributed by atoms with Crippen LogP contribution in [0.4, 0.5) is 0 Å². The highest BCUT2D eigenvalue weighted by Crippen LogP contribution is 2.35. The molecule has 1 aliphatic rings. The molecule has 0 spiro atoms. The van der Waals surface area contributed by atoms with Gasteiger partial charge in [0.2, 0.25) is 0 Å². The van der Waals surface area contributed by atoms with Gasteiger partial charge in [-0.05, 0) is 36.9 Å². The van der Waals surface area contributed by atoms with Crippen molar-refractivity contribution < 1.29 is 0 Å². The van der Waals surface area contributed by atoms with Crippen molar-refractivity contribution in [3.63, 3.8) is 0 Å². The monoisotopic (exact) mass is 283 g/mol. The van der Waals surface area contributed by atoms with Crippen molar-refractivity contribution in [1.82, 2.24) is 15.3 Å². The molecular formula is C18H25N3. The number of hydrogen-bond acceptors (Lipinski definition) is 3. The second-order valence-corrected chi connectivity index (χ2v) is 6.06. The van der Waals surface area contributed by atoms with Gasteiger partial charge in [0.15, 0.2) is 0 Å². The highest BCUT2D eigenvalue weighted by molar-refractivity contribution is 5.78. The Hall–Kier alpha value is -1.48. The van der Waals surface area contributed by atoms with E-state index >= 15 is 0 Å². The zero-order chi connectivity index (χ0) is 14.5. The van der Waals surface area contributed by atoms with Gasteiger partial charge in [0, 0.05) is 18.4 Å². The number of rotatable bonds is 4. The molecule has 3 heteroatoms. The van der Waals surface area contributed by atoms with E-state index in [0.29, 0.717) is 6.04 Å². The fourth-order valence-corrected chi connectivity index (χ4v) is 3.66. The van der Waals surface area contributed by atoms with E-state index in [9.17, 15) is 0 Å². The van der Waals surface area contributed by atoms with E-state index in [2.05, 4.69) is 40.4 Å². The van der Waals surface area contributed by atoms with Crippen LogP contribution in [0.15, 0.2) is 30.6 Å². The van der Waals surface area contributed by atoms with Gasteiger partial charge in [-0.15, -0.1) is 0 Å². The summed E-state index contributed by atoms with van der Waals surface area (Å²) in [6.07, 6.45) is 11.8. The molecule has 112 valence electrons. The first-order valence-corrected chi connectivity index (χ1v) is 8.33. The Labute approximate surface area is 127 Å². The van der Waals surface area contributed by atoms with Crippen LogP contribution in [-0.4, -0.2) is 16.5 Å². The average Bonchev–Trinajstić information content (AvgIpc) is 2.81. The topological polar surface area (TPSA) is 37.8 Å². The molecule has 1 atom stereocenters. The van der Waals surface area contributed by atoms with E-state index in [1.807, 2.05) is 6.20 Å². The van der Waals surface area contributed by atoms with Gasteiger partial charge in [-0.3, -0.25) is 9.97 Å². The maximum Gasteiger partial charge on any atom is 0.0934 e. The summed E-state index contributed by atoms with van der Waals surface area (Å²) in [5.41, 5.74) is 3.40. The first-order valence-electron chi connectivity index (χ1n) is 8.33. The smallest absolute Gasteiger partial charge is 0.0934 e. The lowest BCUT2D eigenvalue weighted by molar-refractivity contribution is 0.331. The summed E-state index contributed by atoms with van der Waals surface area (Å²) in [7, 11) is 0. The van der Waals surface area contributed by atoms with Crippen LogP contribution in [0.25, 0.3) is 11.0 Å². The number of fused-ring (bicyclic) bond motifs is 1. The number of hydrogen-bond donors (Lipinski definition) is 1. The largest absolute Gasteiger partial charge is 0.310 e. The van der Waals surface area contributed by atoms with Crippen LogP contribution >= 0.6 is 0 Å². The standard InChI is InChI=1S/C18H25N3/c1-2-19-17(14-8-5-3-4-6-9-14)15-10-7-11-16-18(15)21-13-12-20-16/h7,10-14,17,19H,2-6,8-9H2,1H3. The third kappa shape index (κ3) is 3.24. The number of para-hydroxylation sites is 1.